The van der Waals surface area contributed by atoms with Gasteiger partial charge in [0.2, 0.25) is 15.9 Å². The molecule has 0 bridgehead atoms. The molecular weight excluding hydrogens is 420 g/mol. The van der Waals surface area contributed by atoms with Gasteiger partial charge in [0.1, 0.15) is 5.76 Å². The maximum atomic E-state index is 12.3. The molecule has 0 aliphatic heterocycles. The predicted molar refractivity (Wildman–Crippen MR) is 109 cm³/mol. The lowest BCUT2D eigenvalue weighted by Gasteiger charge is -2.05. The van der Waals surface area contributed by atoms with Crippen molar-refractivity contribution in [2.24, 2.45) is 0 Å². The highest BCUT2D eigenvalue weighted by atomic mass is 35.5. The van der Waals surface area contributed by atoms with E-state index in [9.17, 15) is 13.2 Å². The van der Waals surface area contributed by atoms with E-state index in [1.165, 1.54) is 35.8 Å². The highest BCUT2D eigenvalue weighted by Crippen LogP contribution is 2.21. The molecule has 1 amide bonds. The molecule has 146 valence electrons. The number of carbonyl (C=O) groups is 1. The minimum Gasteiger partial charge on any atom is -0.468 e. The minimum absolute atomic E-state index is 0.0760. The number of rotatable bonds is 8. The molecule has 0 aliphatic rings. The Kier molecular flexibility index (Phi) is 6.69. The van der Waals surface area contributed by atoms with Crippen LogP contribution >= 0.6 is 22.9 Å². The van der Waals surface area contributed by atoms with Crippen molar-refractivity contribution in [2.75, 3.05) is 0 Å². The van der Waals surface area contributed by atoms with E-state index in [0.29, 0.717) is 22.2 Å². The van der Waals surface area contributed by atoms with Crippen LogP contribution in [0.1, 0.15) is 16.2 Å². The van der Waals surface area contributed by atoms with Crippen LogP contribution in [0.25, 0.3) is 6.08 Å². The predicted octanol–water partition coefficient (Wildman–Crippen LogP) is 3.80. The zero-order chi connectivity index (χ0) is 20.0. The van der Waals surface area contributed by atoms with Crippen LogP contribution in [0.15, 0.2) is 70.2 Å². The SMILES string of the molecule is O=C(/C=C/c1ccc(S(=O)(=O)NCc2ccco2)cc1)NCc1ccc(Cl)s1. The fourth-order valence-corrected chi connectivity index (χ4v) is 4.29. The van der Waals surface area contributed by atoms with E-state index in [1.54, 1.807) is 36.4 Å². The maximum Gasteiger partial charge on any atom is 0.244 e. The fourth-order valence-electron chi connectivity index (χ4n) is 2.27. The number of amides is 1. The van der Waals surface area contributed by atoms with E-state index in [0.717, 1.165) is 4.88 Å². The largest absolute Gasteiger partial charge is 0.468 e. The van der Waals surface area contributed by atoms with E-state index in [4.69, 9.17) is 16.0 Å². The van der Waals surface area contributed by atoms with Crippen LogP contribution < -0.4 is 10.0 Å². The van der Waals surface area contributed by atoms with Crippen LogP contribution in [-0.2, 0) is 27.9 Å². The summed E-state index contributed by atoms with van der Waals surface area (Å²) in [6, 6.07) is 13.2. The number of sulfonamides is 1. The van der Waals surface area contributed by atoms with Gasteiger partial charge in [-0.25, -0.2) is 13.1 Å². The van der Waals surface area contributed by atoms with Gasteiger partial charge in [-0.15, -0.1) is 11.3 Å². The molecule has 0 saturated carbocycles. The third kappa shape index (κ3) is 5.80. The Morgan fingerprint density at radius 1 is 1.11 bits per heavy atom. The number of halogens is 1. The zero-order valence-corrected chi connectivity index (χ0v) is 17.0. The zero-order valence-electron chi connectivity index (χ0n) is 14.6. The van der Waals surface area contributed by atoms with Gasteiger partial charge in [-0.3, -0.25) is 4.79 Å². The summed E-state index contributed by atoms with van der Waals surface area (Å²) >= 11 is 7.26. The van der Waals surface area contributed by atoms with Crippen molar-refractivity contribution in [3.63, 3.8) is 0 Å². The number of hydrogen-bond acceptors (Lipinski definition) is 5. The average Bonchev–Trinajstić information content (AvgIpc) is 3.35. The van der Waals surface area contributed by atoms with Crippen molar-refractivity contribution in [1.82, 2.24) is 10.0 Å². The minimum atomic E-state index is -3.64. The lowest BCUT2D eigenvalue weighted by Crippen LogP contribution is -2.22. The topological polar surface area (TPSA) is 88.4 Å². The number of hydrogen-bond donors (Lipinski definition) is 2. The third-order valence-corrected chi connectivity index (χ3v) is 6.35. The maximum absolute atomic E-state index is 12.3. The summed E-state index contributed by atoms with van der Waals surface area (Å²) in [5.41, 5.74) is 0.708. The number of benzene rings is 1. The molecule has 2 N–H and O–H groups in total. The summed E-state index contributed by atoms with van der Waals surface area (Å²) in [6.45, 7) is 0.478. The number of carbonyl (C=O) groups excluding carboxylic acids is 1. The lowest BCUT2D eigenvalue weighted by atomic mass is 10.2. The van der Waals surface area contributed by atoms with Crippen molar-refractivity contribution < 1.29 is 17.6 Å². The van der Waals surface area contributed by atoms with E-state index in [1.807, 2.05) is 6.07 Å². The summed E-state index contributed by atoms with van der Waals surface area (Å²) in [5, 5.41) is 2.76. The van der Waals surface area contributed by atoms with Crippen molar-refractivity contribution >= 4 is 44.9 Å². The Balaban J connectivity index is 1.54. The molecule has 2 aromatic heterocycles. The summed E-state index contributed by atoms with van der Waals surface area (Å²) < 4.78 is 32.8. The van der Waals surface area contributed by atoms with Gasteiger partial charge in [0.15, 0.2) is 0 Å². The van der Waals surface area contributed by atoms with Crippen LogP contribution in [-0.4, -0.2) is 14.3 Å². The van der Waals surface area contributed by atoms with Gasteiger partial charge in [0, 0.05) is 11.0 Å². The fraction of sp³-hybridized carbons (Fsp3) is 0.105. The van der Waals surface area contributed by atoms with Crippen molar-refractivity contribution in [3.8, 4) is 0 Å². The molecule has 0 unspecified atom stereocenters. The van der Waals surface area contributed by atoms with Crippen LogP contribution in [0.4, 0.5) is 0 Å². The molecule has 0 aliphatic carbocycles. The van der Waals surface area contributed by atoms with Gasteiger partial charge >= 0.3 is 0 Å². The number of nitrogens with one attached hydrogen (secondary N) is 2. The van der Waals surface area contributed by atoms with Gasteiger partial charge in [-0.05, 0) is 48.0 Å². The second-order valence-electron chi connectivity index (χ2n) is 5.73. The van der Waals surface area contributed by atoms with Crippen LogP contribution in [0, 0.1) is 0 Å². The first-order chi connectivity index (χ1) is 13.4. The molecule has 3 aromatic rings. The van der Waals surface area contributed by atoms with Crippen molar-refractivity contribution in [3.05, 3.63) is 81.4 Å². The lowest BCUT2D eigenvalue weighted by molar-refractivity contribution is -0.116. The molecule has 0 radical (unpaired) electrons. The van der Waals surface area contributed by atoms with Crippen LogP contribution in [0.3, 0.4) is 0 Å². The van der Waals surface area contributed by atoms with Crippen LogP contribution in [0.5, 0.6) is 0 Å². The molecule has 6 nitrogen and oxygen atoms in total. The molecule has 2 heterocycles. The average molecular weight is 437 g/mol. The van der Waals surface area contributed by atoms with Crippen molar-refractivity contribution in [1.29, 1.82) is 0 Å². The summed E-state index contributed by atoms with van der Waals surface area (Å²) in [7, 11) is -3.64. The van der Waals surface area contributed by atoms with Gasteiger partial charge in [-0.2, -0.15) is 0 Å². The van der Waals surface area contributed by atoms with Gasteiger partial charge in [-0.1, -0.05) is 23.7 Å². The Bertz CT molecular complexity index is 1060. The van der Waals surface area contributed by atoms with E-state index < -0.39 is 10.0 Å². The Morgan fingerprint density at radius 3 is 2.54 bits per heavy atom. The number of furan rings is 1. The highest BCUT2D eigenvalue weighted by Gasteiger charge is 2.13. The third-order valence-electron chi connectivity index (χ3n) is 3.70. The van der Waals surface area contributed by atoms with Crippen molar-refractivity contribution in [2.45, 2.75) is 18.0 Å². The molecule has 0 fully saturated rings. The van der Waals surface area contributed by atoms with E-state index in [2.05, 4.69) is 10.0 Å². The molecule has 28 heavy (non-hydrogen) atoms. The molecule has 9 heteroatoms. The second kappa shape index (κ2) is 9.20. The van der Waals surface area contributed by atoms with E-state index in [-0.39, 0.29) is 17.3 Å². The Hall–Kier alpha value is -2.39. The Labute approximate surface area is 171 Å². The van der Waals surface area contributed by atoms with Gasteiger partial charge in [0.05, 0.1) is 28.6 Å². The van der Waals surface area contributed by atoms with Crippen LogP contribution in [0.2, 0.25) is 4.34 Å². The molecular formula is C19H17ClN2O4S2. The molecule has 3 rings (SSSR count). The molecule has 1 aromatic carbocycles. The van der Waals surface area contributed by atoms with Gasteiger partial charge < -0.3 is 9.73 Å². The summed E-state index contributed by atoms with van der Waals surface area (Å²) in [5.74, 6) is 0.278. The molecule has 0 saturated heterocycles. The molecule has 0 spiro atoms. The first-order valence-corrected chi connectivity index (χ1v) is 10.9. The normalized spacial score (nSPS) is 11.8. The summed E-state index contributed by atoms with van der Waals surface area (Å²) in [6.07, 6.45) is 4.49. The smallest absolute Gasteiger partial charge is 0.244 e. The second-order valence-corrected chi connectivity index (χ2v) is 9.30. The standard InChI is InChI=1S/C19H17ClN2O4S2/c20-18-9-6-16(27-18)13-21-19(23)10-5-14-3-7-17(8-4-14)28(24,25)22-12-15-2-1-11-26-15/h1-11,22H,12-13H2,(H,21,23)/b10-5+. The first kappa shape index (κ1) is 20.3. The quantitative estimate of drug-likeness (QED) is 0.525. The van der Waals surface area contributed by atoms with Gasteiger partial charge in [0.25, 0.3) is 0 Å². The monoisotopic (exact) mass is 436 g/mol. The first-order valence-electron chi connectivity index (χ1n) is 8.25. The highest BCUT2D eigenvalue weighted by molar-refractivity contribution is 7.89. The summed E-state index contributed by atoms with van der Waals surface area (Å²) in [4.78, 5) is 13.0. The molecule has 0 atom stereocenters. The van der Waals surface area contributed by atoms with E-state index >= 15 is 0 Å². The Morgan fingerprint density at radius 2 is 1.89 bits per heavy atom. The number of thiophene rings is 1.